The van der Waals surface area contributed by atoms with Gasteiger partial charge in [0.2, 0.25) is 5.78 Å². The average molecular weight is 474 g/mol. The van der Waals surface area contributed by atoms with E-state index in [-0.39, 0.29) is 22.6 Å². The molecule has 1 aromatic carbocycles. The number of hydrogen-bond donors (Lipinski definition) is 0. The number of rotatable bonds is 6. The first-order chi connectivity index (χ1) is 15.0. The molecule has 6 nitrogen and oxygen atoms in total. The second-order valence-electron chi connectivity index (χ2n) is 9.12. The lowest BCUT2D eigenvalue weighted by Crippen LogP contribution is -2.28. The smallest absolute Gasteiger partial charge is 0.457 e. The number of carbonyl (C=O) groups is 2. The summed E-state index contributed by atoms with van der Waals surface area (Å²) in [6, 6.07) is 2.38. The molecular weight excluding hydrogens is 449 g/mol. The zero-order chi connectivity index (χ0) is 23.1. The van der Waals surface area contributed by atoms with Gasteiger partial charge in [-0.15, -0.1) is 0 Å². The van der Waals surface area contributed by atoms with Crippen molar-refractivity contribution in [1.82, 2.24) is 0 Å². The fourth-order valence-corrected chi connectivity index (χ4v) is 5.84. The molecule has 0 heterocycles. The van der Waals surface area contributed by atoms with Gasteiger partial charge in [0.15, 0.2) is 6.61 Å². The molecule has 3 aliphatic rings. The van der Waals surface area contributed by atoms with Crippen molar-refractivity contribution in [3.05, 3.63) is 28.8 Å². The maximum atomic E-state index is 12.9. The molecule has 1 aromatic rings. The summed E-state index contributed by atoms with van der Waals surface area (Å²) < 4.78 is 71.4. The molecule has 0 saturated heterocycles. The minimum Gasteiger partial charge on any atom is -0.457 e. The molecule has 10 heteroatoms. The van der Waals surface area contributed by atoms with Crippen molar-refractivity contribution in [2.45, 2.75) is 69.7 Å². The van der Waals surface area contributed by atoms with Crippen molar-refractivity contribution in [3.8, 4) is 5.75 Å². The van der Waals surface area contributed by atoms with E-state index in [2.05, 4.69) is 4.18 Å². The quantitative estimate of drug-likeness (QED) is 0.261. The molecule has 0 atom stereocenters. The third kappa shape index (κ3) is 4.38. The maximum absolute atomic E-state index is 12.9. The van der Waals surface area contributed by atoms with Crippen LogP contribution in [-0.4, -0.2) is 32.3 Å². The Hall–Kier alpha value is -2.10. The monoisotopic (exact) mass is 474 g/mol. The van der Waals surface area contributed by atoms with Crippen molar-refractivity contribution < 1.29 is 40.1 Å². The van der Waals surface area contributed by atoms with Gasteiger partial charge in [-0.05, 0) is 61.6 Å². The van der Waals surface area contributed by atoms with Gasteiger partial charge in [-0.25, -0.2) is 0 Å². The number of benzene rings is 1. The van der Waals surface area contributed by atoms with Crippen LogP contribution >= 0.6 is 0 Å². The highest BCUT2D eigenvalue weighted by Gasteiger charge is 2.50. The second-order valence-corrected chi connectivity index (χ2v) is 10.7. The van der Waals surface area contributed by atoms with Crippen LogP contribution in [0.25, 0.3) is 0 Å². The Kier molecular flexibility index (Phi) is 6.02. The largest absolute Gasteiger partial charge is 0.534 e. The van der Waals surface area contributed by atoms with E-state index in [0.717, 1.165) is 57.4 Å². The Morgan fingerprint density at radius 1 is 1.00 bits per heavy atom. The highest BCUT2D eigenvalue weighted by Crippen LogP contribution is 2.52. The lowest BCUT2D eigenvalue weighted by Gasteiger charge is -2.21. The van der Waals surface area contributed by atoms with Crippen molar-refractivity contribution in [1.29, 1.82) is 0 Å². The van der Waals surface area contributed by atoms with E-state index in [4.69, 9.17) is 4.74 Å². The molecule has 32 heavy (non-hydrogen) atoms. The lowest BCUT2D eigenvalue weighted by molar-refractivity contribution is -0.147. The van der Waals surface area contributed by atoms with Crippen molar-refractivity contribution >= 4 is 21.9 Å². The molecular formula is C22H25F3O6S. The van der Waals surface area contributed by atoms with Gasteiger partial charge >= 0.3 is 21.6 Å². The van der Waals surface area contributed by atoms with E-state index in [9.17, 15) is 31.2 Å². The van der Waals surface area contributed by atoms with Gasteiger partial charge in [-0.2, -0.15) is 21.6 Å². The third-order valence-electron chi connectivity index (χ3n) is 6.97. The molecule has 0 amide bonds. The van der Waals surface area contributed by atoms with E-state index >= 15 is 0 Å². The minimum atomic E-state index is -5.83. The molecule has 0 bridgehead atoms. The highest BCUT2D eigenvalue weighted by molar-refractivity contribution is 7.88. The van der Waals surface area contributed by atoms with Gasteiger partial charge in [-0.3, -0.25) is 9.59 Å². The summed E-state index contributed by atoms with van der Waals surface area (Å²) in [5, 5.41) is 0. The SMILES string of the molecule is O=C(COC(=O)C1CCCC1)c1ccc(OS(=O)(=O)C(F)(F)F)c2c1CC1(CCCC1)C2. The molecule has 1 spiro atoms. The molecule has 176 valence electrons. The zero-order valence-corrected chi connectivity index (χ0v) is 18.3. The van der Waals surface area contributed by atoms with Crippen LogP contribution in [0.5, 0.6) is 5.75 Å². The number of hydrogen-bond acceptors (Lipinski definition) is 6. The van der Waals surface area contributed by atoms with Crippen LogP contribution in [-0.2, 0) is 32.5 Å². The summed E-state index contributed by atoms with van der Waals surface area (Å²) in [7, 11) is -5.83. The molecule has 0 unspecified atom stereocenters. The summed E-state index contributed by atoms with van der Waals surface area (Å²) >= 11 is 0. The minimum absolute atomic E-state index is 0.196. The molecule has 3 aliphatic carbocycles. The van der Waals surface area contributed by atoms with Crippen molar-refractivity contribution in [2.24, 2.45) is 11.3 Å². The number of Topliss-reactive ketones (excluding diaryl/α,β-unsaturated/α-hetero) is 1. The Bertz CT molecular complexity index is 1020. The molecule has 2 fully saturated rings. The molecule has 0 aromatic heterocycles. The van der Waals surface area contributed by atoms with Crippen LogP contribution < -0.4 is 4.18 Å². The number of ketones is 1. The molecule has 0 aliphatic heterocycles. The van der Waals surface area contributed by atoms with Gasteiger partial charge < -0.3 is 8.92 Å². The Balaban J connectivity index is 1.59. The zero-order valence-electron chi connectivity index (χ0n) is 17.5. The average Bonchev–Trinajstić information content (AvgIpc) is 3.46. The van der Waals surface area contributed by atoms with Crippen LogP contribution in [0.2, 0.25) is 0 Å². The van der Waals surface area contributed by atoms with Crippen LogP contribution in [0.4, 0.5) is 13.2 Å². The number of alkyl halides is 3. The number of carbonyl (C=O) groups excluding carboxylic acids is 2. The van der Waals surface area contributed by atoms with Crippen LogP contribution in [0.3, 0.4) is 0 Å². The molecule has 0 radical (unpaired) electrons. The van der Waals surface area contributed by atoms with E-state index in [1.807, 2.05) is 0 Å². The van der Waals surface area contributed by atoms with E-state index < -0.39 is 34.0 Å². The Labute approximate surface area is 184 Å². The first-order valence-corrected chi connectivity index (χ1v) is 12.3. The summed E-state index contributed by atoms with van der Waals surface area (Å²) in [6.07, 6.45) is 7.82. The normalized spacial score (nSPS) is 20.5. The summed E-state index contributed by atoms with van der Waals surface area (Å²) in [5.41, 5.74) is -4.68. The standard InChI is InChI=1S/C22H25F3O6S/c23-22(24,25)32(28,29)31-19-8-7-15(16-11-21(12-17(16)19)9-3-4-10-21)18(26)13-30-20(27)14-5-1-2-6-14/h7-8,14H,1-6,9-13H2. The van der Waals surface area contributed by atoms with Gasteiger partial charge in [-0.1, -0.05) is 25.7 Å². The Morgan fingerprint density at radius 3 is 2.25 bits per heavy atom. The van der Waals surface area contributed by atoms with Crippen molar-refractivity contribution in [3.63, 3.8) is 0 Å². The molecule has 4 rings (SSSR count). The van der Waals surface area contributed by atoms with E-state index in [1.54, 1.807) is 0 Å². The fourth-order valence-electron chi connectivity index (χ4n) is 5.36. The van der Waals surface area contributed by atoms with E-state index in [1.165, 1.54) is 6.07 Å². The van der Waals surface area contributed by atoms with Crippen LogP contribution in [0, 0.1) is 11.3 Å². The number of fused-ring (bicyclic) bond motifs is 1. The van der Waals surface area contributed by atoms with Crippen LogP contribution in [0.15, 0.2) is 12.1 Å². The van der Waals surface area contributed by atoms with Gasteiger partial charge in [0.25, 0.3) is 0 Å². The number of esters is 1. The van der Waals surface area contributed by atoms with Crippen LogP contribution in [0.1, 0.15) is 72.9 Å². The van der Waals surface area contributed by atoms with E-state index in [0.29, 0.717) is 24.0 Å². The predicted molar refractivity (Wildman–Crippen MR) is 108 cm³/mol. The highest BCUT2D eigenvalue weighted by atomic mass is 32.2. The topological polar surface area (TPSA) is 86.7 Å². The summed E-state index contributed by atoms with van der Waals surface area (Å²) in [5.74, 6) is -1.44. The predicted octanol–water partition coefficient (Wildman–Crippen LogP) is 4.49. The van der Waals surface area contributed by atoms with Gasteiger partial charge in [0, 0.05) is 11.1 Å². The maximum Gasteiger partial charge on any atom is 0.534 e. The first kappa shape index (κ1) is 23.1. The summed E-state index contributed by atoms with van der Waals surface area (Å²) in [6.45, 7) is -0.449. The number of ether oxygens (including phenoxy) is 1. The summed E-state index contributed by atoms with van der Waals surface area (Å²) in [4.78, 5) is 25.0. The number of halogens is 3. The first-order valence-electron chi connectivity index (χ1n) is 10.9. The Morgan fingerprint density at radius 2 is 1.62 bits per heavy atom. The molecule has 0 N–H and O–H groups in total. The van der Waals surface area contributed by atoms with Gasteiger partial charge in [0.05, 0.1) is 5.92 Å². The fraction of sp³-hybridized carbons (Fsp3) is 0.636. The van der Waals surface area contributed by atoms with Gasteiger partial charge in [0.1, 0.15) is 5.75 Å². The second kappa shape index (κ2) is 8.35. The molecule has 2 saturated carbocycles. The lowest BCUT2D eigenvalue weighted by atomic mass is 9.83. The van der Waals surface area contributed by atoms with Crippen molar-refractivity contribution in [2.75, 3.05) is 6.61 Å². The third-order valence-corrected chi connectivity index (χ3v) is 7.94.